The summed E-state index contributed by atoms with van der Waals surface area (Å²) in [7, 11) is 0. The molecule has 2 nitrogen and oxygen atoms in total. The molecule has 3 heteroatoms. The first-order chi connectivity index (χ1) is 10.7. The van der Waals surface area contributed by atoms with Crippen LogP contribution in [-0.4, -0.2) is 10.2 Å². The van der Waals surface area contributed by atoms with Crippen LogP contribution < -0.4 is 0 Å². The smallest absolute Gasteiger partial charge is 0.209 e. The average molecular weight is 289 g/mol. The van der Waals surface area contributed by atoms with Gasteiger partial charge in [0.05, 0.1) is 11.2 Å². The van der Waals surface area contributed by atoms with E-state index in [2.05, 4.69) is 0 Å². The minimum Gasteiger partial charge on any atom is -0.313 e. The molecule has 0 amide bonds. The monoisotopic (exact) mass is 289 g/mol. The van der Waals surface area contributed by atoms with Crippen LogP contribution in [0.2, 0.25) is 0 Å². The molecule has 0 aliphatic heterocycles. The lowest BCUT2D eigenvalue weighted by Gasteiger charge is -2.05. The Bertz CT molecular complexity index is 999. The molecule has 0 bridgehead atoms. The van der Waals surface area contributed by atoms with E-state index >= 15 is 0 Å². The van der Waals surface area contributed by atoms with E-state index in [1.165, 1.54) is 24.3 Å². The third kappa shape index (κ3) is 1.91. The van der Waals surface area contributed by atoms with E-state index in [9.17, 15) is 9.18 Å². The van der Waals surface area contributed by atoms with Crippen molar-refractivity contribution in [2.24, 2.45) is 0 Å². The van der Waals surface area contributed by atoms with Gasteiger partial charge in [-0.25, -0.2) is 4.39 Å². The highest BCUT2D eigenvalue weighted by atomic mass is 19.1. The van der Waals surface area contributed by atoms with Gasteiger partial charge in [-0.2, -0.15) is 0 Å². The van der Waals surface area contributed by atoms with Crippen LogP contribution in [0.15, 0.2) is 72.9 Å². The zero-order chi connectivity index (χ0) is 15.1. The van der Waals surface area contributed by atoms with Crippen LogP contribution >= 0.6 is 0 Å². The van der Waals surface area contributed by atoms with Crippen molar-refractivity contribution >= 4 is 22.1 Å². The normalized spacial score (nSPS) is 11.1. The van der Waals surface area contributed by atoms with Gasteiger partial charge in [0.25, 0.3) is 0 Å². The topological polar surface area (TPSA) is 21.5 Å². The number of hydrogen-bond donors (Lipinski definition) is 0. The van der Waals surface area contributed by atoms with Crippen LogP contribution in [0.25, 0.3) is 16.3 Å². The molecule has 22 heavy (non-hydrogen) atoms. The Balaban J connectivity index is 1.90. The van der Waals surface area contributed by atoms with Gasteiger partial charge in [-0.05, 0) is 47.9 Å². The van der Waals surface area contributed by atoms with E-state index in [4.69, 9.17) is 0 Å². The zero-order valence-electron chi connectivity index (χ0n) is 11.7. The first kappa shape index (κ1) is 12.8. The molecule has 0 spiro atoms. The minimum absolute atomic E-state index is 0.115. The summed E-state index contributed by atoms with van der Waals surface area (Å²) in [5.74, 6) is -0.460. The molecular formula is C19H12FNO. The Morgan fingerprint density at radius 2 is 1.64 bits per heavy atom. The molecule has 0 N–H and O–H groups in total. The zero-order valence-corrected chi connectivity index (χ0v) is 11.7. The third-order valence-electron chi connectivity index (χ3n) is 3.90. The first-order valence-electron chi connectivity index (χ1n) is 7.03. The van der Waals surface area contributed by atoms with Crippen LogP contribution in [0.5, 0.6) is 0 Å². The Kier molecular flexibility index (Phi) is 2.79. The van der Waals surface area contributed by atoms with Crippen LogP contribution in [0.1, 0.15) is 16.1 Å². The Morgan fingerprint density at radius 1 is 0.864 bits per heavy atom. The van der Waals surface area contributed by atoms with Gasteiger partial charge in [-0.15, -0.1) is 0 Å². The number of halogens is 1. The summed E-state index contributed by atoms with van der Waals surface area (Å²) >= 11 is 0. The van der Waals surface area contributed by atoms with Crippen molar-refractivity contribution in [2.45, 2.75) is 0 Å². The molecule has 4 aromatic rings. The molecule has 2 heterocycles. The number of fused-ring (bicyclic) bond motifs is 3. The fourth-order valence-electron chi connectivity index (χ4n) is 2.79. The van der Waals surface area contributed by atoms with Gasteiger partial charge in [0.2, 0.25) is 5.78 Å². The highest BCUT2D eigenvalue weighted by molar-refractivity contribution is 6.09. The van der Waals surface area contributed by atoms with E-state index < -0.39 is 0 Å². The number of benzene rings is 2. The molecule has 0 saturated heterocycles. The van der Waals surface area contributed by atoms with Crippen LogP contribution in [-0.2, 0) is 0 Å². The lowest BCUT2D eigenvalue weighted by atomic mass is 10.1. The third-order valence-corrected chi connectivity index (χ3v) is 3.90. The highest BCUT2D eigenvalue weighted by Gasteiger charge is 2.14. The maximum Gasteiger partial charge on any atom is 0.209 e. The second-order valence-corrected chi connectivity index (χ2v) is 5.21. The molecule has 0 radical (unpaired) electrons. The summed E-state index contributed by atoms with van der Waals surface area (Å²) in [5.41, 5.74) is 2.05. The molecule has 0 aliphatic carbocycles. The number of nitrogens with zero attached hydrogens (tertiary/aromatic N) is 1. The molecular weight excluding hydrogens is 277 g/mol. The van der Waals surface area contributed by atoms with Crippen molar-refractivity contribution in [1.29, 1.82) is 0 Å². The summed E-state index contributed by atoms with van der Waals surface area (Å²) in [6, 6.07) is 19.4. The molecule has 0 aliphatic rings. The molecule has 2 aromatic carbocycles. The fourth-order valence-corrected chi connectivity index (χ4v) is 2.79. The molecule has 0 fully saturated rings. The quantitative estimate of drug-likeness (QED) is 0.499. The summed E-state index contributed by atoms with van der Waals surface area (Å²) < 4.78 is 14.9. The lowest BCUT2D eigenvalue weighted by Crippen LogP contribution is -2.05. The molecule has 0 unspecified atom stereocenters. The maximum atomic E-state index is 13.0. The lowest BCUT2D eigenvalue weighted by molar-refractivity contribution is 0.103. The largest absolute Gasteiger partial charge is 0.313 e. The number of pyridine rings is 1. The van der Waals surface area contributed by atoms with Crippen molar-refractivity contribution < 1.29 is 9.18 Å². The number of aromatic nitrogens is 1. The van der Waals surface area contributed by atoms with Gasteiger partial charge in [0.15, 0.2) is 0 Å². The number of carbonyl (C=O) groups is 1. The van der Waals surface area contributed by atoms with Crippen molar-refractivity contribution in [2.75, 3.05) is 0 Å². The van der Waals surface area contributed by atoms with Gasteiger partial charge >= 0.3 is 0 Å². The predicted octanol–water partition coefficient (Wildman–Crippen LogP) is 4.46. The number of hydrogen-bond acceptors (Lipinski definition) is 1. The van der Waals surface area contributed by atoms with Crippen molar-refractivity contribution in [3.05, 3.63) is 90.0 Å². The second kappa shape index (κ2) is 4.81. The average Bonchev–Trinajstić information content (AvgIpc) is 2.99. The molecule has 2 aromatic heterocycles. The SMILES string of the molecule is O=C(c1ccc(F)cc1)c1ccc2c3ccccc3ccn12. The maximum absolute atomic E-state index is 13.0. The van der Waals surface area contributed by atoms with Crippen molar-refractivity contribution in [1.82, 2.24) is 4.40 Å². The Hall–Kier alpha value is -2.94. The summed E-state index contributed by atoms with van der Waals surface area (Å²) in [5, 5.41) is 2.23. The van der Waals surface area contributed by atoms with E-state index in [1.54, 1.807) is 0 Å². The van der Waals surface area contributed by atoms with Gasteiger partial charge in [0, 0.05) is 17.1 Å². The van der Waals surface area contributed by atoms with Gasteiger partial charge in [-0.3, -0.25) is 4.79 Å². The van der Waals surface area contributed by atoms with Crippen LogP contribution in [0, 0.1) is 5.82 Å². The van der Waals surface area contributed by atoms with Gasteiger partial charge in [-0.1, -0.05) is 24.3 Å². The summed E-state index contributed by atoms with van der Waals surface area (Å²) in [6.07, 6.45) is 1.90. The van der Waals surface area contributed by atoms with Crippen molar-refractivity contribution in [3.63, 3.8) is 0 Å². The van der Waals surface area contributed by atoms with Gasteiger partial charge < -0.3 is 4.40 Å². The summed E-state index contributed by atoms with van der Waals surface area (Å²) in [6.45, 7) is 0. The highest BCUT2D eigenvalue weighted by Crippen LogP contribution is 2.23. The van der Waals surface area contributed by atoms with Crippen LogP contribution in [0.3, 0.4) is 0 Å². The first-order valence-corrected chi connectivity index (χ1v) is 7.03. The number of rotatable bonds is 2. The Morgan fingerprint density at radius 3 is 2.45 bits per heavy atom. The standard InChI is InChI=1S/C19H12FNO/c20-15-7-5-14(6-8-15)19(22)18-10-9-17-16-4-2-1-3-13(16)11-12-21(17)18/h1-12H. The summed E-state index contributed by atoms with van der Waals surface area (Å²) in [4.78, 5) is 12.6. The van der Waals surface area contributed by atoms with Crippen molar-refractivity contribution in [3.8, 4) is 0 Å². The molecule has 106 valence electrons. The number of carbonyl (C=O) groups excluding carboxylic acids is 1. The fraction of sp³-hybridized carbons (Fsp3) is 0. The minimum atomic E-state index is -0.345. The van der Waals surface area contributed by atoms with Gasteiger partial charge in [0.1, 0.15) is 5.82 Å². The second-order valence-electron chi connectivity index (χ2n) is 5.21. The number of ketones is 1. The van der Waals surface area contributed by atoms with Crippen LogP contribution in [0.4, 0.5) is 4.39 Å². The predicted molar refractivity (Wildman–Crippen MR) is 84.7 cm³/mol. The molecule has 0 atom stereocenters. The van der Waals surface area contributed by atoms with E-state index in [0.717, 1.165) is 16.3 Å². The molecule has 4 rings (SSSR count). The van der Waals surface area contributed by atoms with E-state index in [0.29, 0.717) is 11.3 Å². The van der Waals surface area contributed by atoms with E-state index in [-0.39, 0.29) is 11.6 Å². The molecule has 0 saturated carbocycles. The Labute approximate surface area is 126 Å². The van der Waals surface area contributed by atoms with E-state index in [1.807, 2.05) is 53.1 Å².